The molecule has 1 aliphatic rings. The molecule has 0 aliphatic heterocycles. The van der Waals surface area contributed by atoms with Gasteiger partial charge in [-0.05, 0) is 31.6 Å². The highest BCUT2D eigenvalue weighted by Crippen LogP contribution is 2.34. The highest BCUT2D eigenvalue weighted by atomic mass is 16.2. The second-order valence-corrected chi connectivity index (χ2v) is 5.12. The van der Waals surface area contributed by atoms with E-state index in [0.717, 1.165) is 18.8 Å². The number of amides is 1. The van der Waals surface area contributed by atoms with Crippen LogP contribution in [0.3, 0.4) is 0 Å². The van der Waals surface area contributed by atoms with E-state index in [1.165, 1.54) is 12.8 Å². The van der Waals surface area contributed by atoms with Crippen LogP contribution < -0.4 is 11.1 Å². The lowest BCUT2D eigenvalue weighted by atomic mass is 9.92. The Morgan fingerprint density at radius 3 is 2.31 bits per heavy atom. The van der Waals surface area contributed by atoms with Crippen LogP contribution in [0.4, 0.5) is 0 Å². The van der Waals surface area contributed by atoms with Crippen molar-refractivity contribution in [1.29, 1.82) is 0 Å². The molecular weight excluding hydrogens is 200 g/mol. The van der Waals surface area contributed by atoms with Crippen LogP contribution in [0.2, 0.25) is 0 Å². The minimum Gasteiger partial charge on any atom is -0.352 e. The van der Waals surface area contributed by atoms with E-state index in [4.69, 9.17) is 5.73 Å². The van der Waals surface area contributed by atoms with E-state index in [2.05, 4.69) is 12.2 Å². The van der Waals surface area contributed by atoms with Crippen LogP contribution >= 0.6 is 0 Å². The van der Waals surface area contributed by atoms with Gasteiger partial charge < -0.3 is 11.1 Å². The quantitative estimate of drug-likeness (QED) is 0.699. The van der Waals surface area contributed by atoms with Crippen molar-refractivity contribution in [3.63, 3.8) is 0 Å². The predicted octanol–water partition coefficient (Wildman–Crippen LogP) is 2.20. The number of hydrogen-bond donors (Lipinski definition) is 2. The van der Waals surface area contributed by atoms with Crippen molar-refractivity contribution in [1.82, 2.24) is 5.32 Å². The predicted molar refractivity (Wildman–Crippen MR) is 67.1 cm³/mol. The summed E-state index contributed by atoms with van der Waals surface area (Å²) in [7, 11) is 0. The van der Waals surface area contributed by atoms with Crippen LogP contribution in [0.15, 0.2) is 0 Å². The van der Waals surface area contributed by atoms with E-state index < -0.39 is 5.54 Å². The zero-order valence-corrected chi connectivity index (χ0v) is 10.9. The van der Waals surface area contributed by atoms with E-state index in [-0.39, 0.29) is 5.91 Å². The first-order chi connectivity index (χ1) is 7.55. The molecule has 1 rings (SSSR count). The molecule has 1 atom stereocenters. The molecule has 3 heteroatoms. The molecule has 0 radical (unpaired) electrons. The van der Waals surface area contributed by atoms with Gasteiger partial charge in [-0.15, -0.1) is 0 Å². The van der Waals surface area contributed by atoms with E-state index >= 15 is 0 Å². The number of carbonyl (C=O) groups excluding carboxylic acids is 1. The fourth-order valence-corrected chi connectivity index (χ4v) is 1.98. The van der Waals surface area contributed by atoms with Gasteiger partial charge in [0.25, 0.3) is 0 Å². The lowest BCUT2D eigenvalue weighted by Gasteiger charge is -2.28. The van der Waals surface area contributed by atoms with Gasteiger partial charge in [0.1, 0.15) is 0 Å². The summed E-state index contributed by atoms with van der Waals surface area (Å²) in [6.45, 7) is 6.08. The number of hydrogen-bond acceptors (Lipinski definition) is 2. The Labute approximate surface area is 99.2 Å². The molecule has 0 saturated heterocycles. The lowest BCUT2D eigenvalue weighted by Crippen LogP contribution is -2.55. The summed E-state index contributed by atoms with van der Waals surface area (Å²) in [5, 5.41) is 3.12. The Balaban J connectivity index is 2.45. The van der Waals surface area contributed by atoms with Crippen molar-refractivity contribution in [2.75, 3.05) is 0 Å². The standard InChI is InChI=1S/C13H26N2O/c1-4-11(9-10-7-8-10)15-12(16)13(14,5-2)6-3/h10-11H,4-9,14H2,1-3H3,(H,15,16). The van der Waals surface area contributed by atoms with Gasteiger partial charge in [-0.3, -0.25) is 4.79 Å². The fourth-order valence-electron chi connectivity index (χ4n) is 1.98. The van der Waals surface area contributed by atoms with Crippen LogP contribution in [0.25, 0.3) is 0 Å². The molecule has 0 aromatic carbocycles. The third-order valence-electron chi connectivity index (χ3n) is 3.86. The molecule has 16 heavy (non-hydrogen) atoms. The maximum atomic E-state index is 12.1. The average molecular weight is 226 g/mol. The Morgan fingerprint density at radius 1 is 1.38 bits per heavy atom. The Hall–Kier alpha value is -0.570. The third kappa shape index (κ3) is 3.48. The summed E-state index contributed by atoms with van der Waals surface area (Å²) in [4.78, 5) is 12.1. The van der Waals surface area contributed by atoms with Gasteiger partial charge >= 0.3 is 0 Å². The fraction of sp³-hybridized carbons (Fsp3) is 0.923. The first-order valence-corrected chi connectivity index (χ1v) is 6.65. The SMILES string of the molecule is CCC(CC1CC1)NC(=O)C(N)(CC)CC. The van der Waals surface area contributed by atoms with Gasteiger partial charge in [0, 0.05) is 6.04 Å². The van der Waals surface area contributed by atoms with E-state index in [1.807, 2.05) is 13.8 Å². The molecule has 94 valence electrons. The zero-order chi connectivity index (χ0) is 12.2. The summed E-state index contributed by atoms with van der Waals surface area (Å²) >= 11 is 0. The number of rotatable bonds is 7. The average Bonchev–Trinajstić information content (AvgIpc) is 3.10. The first kappa shape index (κ1) is 13.5. The third-order valence-corrected chi connectivity index (χ3v) is 3.86. The van der Waals surface area contributed by atoms with Crippen LogP contribution in [0.5, 0.6) is 0 Å². The molecule has 3 nitrogen and oxygen atoms in total. The molecule has 1 saturated carbocycles. The number of carbonyl (C=O) groups is 1. The summed E-state index contributed by atoms with van der Waals surface area (Å²) in [6.07, 6.45) is 6.21. The van der Waals surface area contributed by atoms with E-state index in [0.29, 0.717) is 18.9 Å². The topological polar surface area (TPSA) is 55.1 Å². The molecule has 3 N–H and O–H groups in total. The minimum atomic E-state index is -0.670. The number of nitrogens with one attached hydrogen (secondary N) is 1. The second-order valence-electron chi connectivity index (χ2n) is 5.12. The van der Waals surface area contributed by atoms with Crippen LogP contribution in [-0.4, -0.2) is 17.5 Å². The van der Waals surface area contributed by atoms with Gasteiger partial charge in [0.15, 0.2) is 0 Å². The molecule has 1 fully saturated rings. The lowest BCUT2D eigenvalue weighted by molar-refractivity contribution is -0.127. The molecule has 0 bridgehead atoms. The van der Waals surface area contributed by atoms with Crippen molar-refractivity contribution in [3.05, 3.63) is 0 Å². The smallest absolute Gasteiger partial charge is 0.240 e. The highest BCUT2D eigenvalue weighted by Gasteiger charge is 2.32. The monoisotopic (exact) mass is 226 g/mol. The molecule has 0 aromatic heterocycles. The molecule has 0 heterocycles. The molecule has 1 unspecified atom stereocenters. The Morgan fingerprint density at radius 2 is 1.94 bits per heavy atom. The maximum absolute atomic E-state index is 12.1. The van der Waals surface area contributed by atoms with Gasteiger partial charge in [0.2, 0.25) is 5.91 Å². The summed E-state index contributed by atoms with van der Waals surface area (Å²) in [6, 6.07) is 0.320. The molecule has 1 amide bonds. The normalized spacial score (nSPS) is 18.2. The van der Waals surface area contributed by atoms with E-state index in [1.54, 1.807) is 0 Å². The Bertz CT molecular complexity index is 232. The minimum absolute atomic E-state index is 0.0324. The van der Waals surface area contributed by atoms with Crippen molar-refractivity contribution in [3.8, 4) is 0 Å². The summed E-state index contributed by atoms with van der Waals surface area (Å²) in [5.41, 5.74) is 5.41. The van der Waals surface area contributed by atoms with Gasteiger partial charge in [-0.25, -0.2) is 0 Å². The molecule has 0 aromatic rings. The Kier molecular flexibility index (Phi) is 4.78. The van der Waals surface area contributed by atoms with E-state index in [9.17, 15) is 4.79 Å². The number of nitrogens with two attached hydrogens (primary N) is 1. The summed E-state index contributed by atoms with van der Waals surface area (Å²) in [5.74, 6) is 0.880. The van der Waals surface area contributed by atoms with Crippen molar-refractivity contribution < 1.29 is 4.79 Å². The molecule has 1 aliphatic carbocycles. The first-order valence-electron chi connectivity index (χ1n) is 6.65. The van der Waals surface area contributed by atoms with Crippen molar-refractivity contribution >= 4 is 5.91 Å². The van der Waals surface area contributed by atoms with Crippen LogP contribution in [0, 0.1) is 5.92 Å². The van der Waals surface area contributed by atoms with Crippen molar-refractivity contribution in [2.45, 2.75) is 70.9 Å². The molecule has 0 spiro atoms. The van der Waals surface area contributed by atoms with Gasteiger partial charge in [-0.1, -0.05) is 33.6 Å². The zero-order valence-electron chi connectivity index (χ0n) is 10.9. The van der Waals surface area contributed by atoms with Gasteiger partial charge in [-0.2, -0.15) is 0 Å². The maximum Gasteiger partial charge on any atom is 0.240 e. The van der Waals surface area contributed by atoms with Crippen LogP contribution in [0.1, 0.15) is 59.3 Å². The summed E-state index contributed by atoms with van der Waals surface area (Å²) < 4.78 is 0. The van der Waals surface area contributed by atoms with Crippen LogP contribution in [-0.2, 0) is 4.79 Å². The highest BCUT2D eigenvalue weighted by molar-refractivity contribution is 5.86. The molecular formula is C13H26N2O. The largest absolute Gasteiger partial charge is 0.352 e. The second kappa shape index (κ2) is 5.67. The van der Waals surface area contributed by atoms with Crippen molar-refractivity contribution in [2.24, 2.45) is 11.7 Å². The van der Waals surface area contributed by atoms with Gasteiger partial charge in [0.05, 0.1) is 5.54 Å².